The molecule has 0 saturated carbocycles. The van der Waals surface area contributed by atoms with E-state index in [4.69, 9.17) is 11.6 Å². The number of aromatic nitrogens is 1. The monoisotopic (exact) mass is 217 g/mol. The van der Waals surface area contributed by atoms with Crippen molar-refractivity contribution < 1.29 is 0 Å². The summed E-state index contributed by atoms with van der Waals surface area (Å²) in [4.78, 5) is 4.30. The van der Waals surface area contributed by atoms with Gasteiger partial charge in [-0.1, -0.05) is 36.7 Å². The first kappa shape index (κ1) is 10.2. The number of rotatable bonds is 2. The second kappa shape index (κ2) is 4.45. The van der Waals surface area contributed by atoms with Gasteiger partial charge < -0.3 is 0 Å². The topological polar surface area (TPSA) is 12.9 Å². The van der Waals surface area contributed by atoms with E-state index < -0.39 is 0 Å². The van der Waals surface area contributed by atoms with Gasteiger partial charge in [0.05, 0.1) is 5.69 Å². The molecule has 1 heterocycles. The second-order valence-corrected chi connectivity index (χ2v) is 3.85. The summed E-state index contributed by atoms with van der Waals surface area (Å²) in [7, 11) is 0. The van der Waals surface area contributed by atoms with Gasteiger partial charge in [-0.3, -0.25) is 4.98 Å². The summed E-state index contributed by atoms with van der Waals surface area (Å²) >= 11 is 5.93. The first-order valence-corrected chi connectivity index (χ1v) is 5.38. The minimum atomic E-state index is 0.724. The number of hydrogen-bond donors (Lipinski definition) is 0. The van der Waals surface area contributed by atoms with Crippen LogP contribution >= 0.6 is 11.6 Å². The van der Waals surface area contributed by atoms with Gasteiger partial charge in [0.2, 0.25) is 0 Å². The van der Waals surface area contributed by atoms with E-state index in [1.807, 2.05) is 6.07 Å². The predicted molar refractivity (Wildman–Crippen MR) is 64.1 cm³/mol. The lowest BCUT2D eigenvalue weighted by Gasteiger charge is -2.03. The maximum Gasteiger partial charge on any atom is 0.0716 e. The lowest BCUT2D eigenvalue weighted by atomic mass is 10.1. The minimum absolute atomic E-state index is 0.724. The SMILES string of the molecule is CCc1cccc(-c2cc(Cl)ccn2)c1. The molecule has 15 heavy (non-hydrogen) atoms. The number of hydrogen-bond acceptors (Lipinski definition) is 1. The van der Waals surface area contributed by atoms with Gasteiger partial charge in [-0.15, -0.1) is 0 Å². The molecule has 0 amide bonds. The van der Waals surface area contributed by atoms with Gasteiger partial charge in [0.25, 0.3) is 0 Å². The van der Waals surface area contributed by atoms with Gasteiger partial charge in [0.15, 0.2) is 0 Å². The van der Waals surface area contributed by atoms with Crippen molar-refractivity contribution in [3.05, 3.63) is 53.2 Å². The van der Waals surface area contributed by atoms with E-state index in [0.717, 1.165) is 22.7 Å². The summed E-state index contributed by atoms with van der Waals surface area (Å²) in [5.74, 6) is 0. The summed E-state index contributed by atoms with van der Waals surface area (Å²) in [5.41, 5.74) is 3.36. The number of pyridine rings is 1. The number of benzene rings is 1. The Morgan fingerprint density at radius 3 is 2.80 bits per heavy atom. The van der Waals surface area contributed by atoms with Crippen molar-refractivity contribution in [1.82, 2.24) is 4.98 Å². The summed E-state index contributed by atoms with van der Waals surface area (Å²) < 4.78 is 0. The van der Waals surface area contributed by atoms with E-state index in [-0.39, 0.29) is 0 Å². The Balaban J connectivity index is 2.44. The third-order valence-electron chi connectivity index (χ3n) is 2.35. The molecule has 2 rings (SSSR count). The maximum absolute atomic E-state index is 5.93. The van der Waals surface area contributed by atoms with Gasteiger partial charge in [-0.05, 0) is 30.2 Å². The Hall–Kier alpha value is -1.34. The predicted octanol–water partition coefficient (Wildman–Crippen LogP) is 3.96. The van der Waals surface area contributed by atoms with Crippen LogP contribution in [0.2, 0.25) is 5.02 Å². The number of aryl methyl sites for hydroxylation is 1. The minimum Gasteiger partial charge on any atom is -0.256 e. The normalized spacial score (nSPS) is 10.3. The van der Waals surface area contributed by atoms with E-state index in [0.29, 0.717) is 0 Å². The zero-order chi connectivity index (χ0) is 10.7. The standard InChI is InChI=1S/C13H12ClN/c1-2-10-4-3-5-11(8-10)13-9-12(14)6-7-15-13/h3-9H,2H2,1H3. The fourth-order valence-corrected chi connectivity index (χ4v) is 1.67. The molecule has 0 fully saturated rings. The van der Waals surface area contributed by atoms with Gasteiger partial charge in [0.1, 0.15) is 0 Å². The summed E-state index contributed by atoms with van der Waals surface area (Å²) in [6, 6.07) is 12.0. The fourth-order valence-electron chi connectivity index (χ4n) is 1.51. The molecule has 0 aliphatic carbocycles. The molecule has 0 aliphatic heterocycles. The van der Waals surface area contributed by atoms with Crippen molar-refractivity contribution in [2.45, 2.75) is 13.3 Å². The molecule has 1 nitrogen and oxygen atoms in total. The smallest absolute Gasteiger partial charge is 0.0716 e. The summed E-state index contributed by atoms with van der Waals surface area (Å²) in [5, 5.41) is 0.724. The van der Waals surface area contributed by atoms with Crippen molar-refractivity contribution >= 4 is 11.6 Å². The Kier molecular flexibility index (Phi) is 3.02. The summed E-state index contributed by atoms with van der Waals surface area (Å²) in [6.07, 6.45) is 2.77. The number of halogens is 1. The first-order valence-electron chi connectivity index (χ1n) is 5.00. The molecule has 0 atom stereocenters. The summed E-state index contributed by atoms with van der Waals surface area (Å²) in [6.45, 7) is 2.14. The molecule has 2 heteroatoms. The molecule has 0 N–H and O–H groups in total. The molecular weight excluding hydrogens is 206 g/mol. The Labute approximate surface area is 94.7 Å². The third-order valence-corrected chi connectivity index (χ3v) is 2.59. The van der Waals surface area contributed by atoms with Crippen LogP contribution in [-0.2, 0) is 6.42 Å². The van der Waals surface area contributed by atoms with Gasteiger partial charge in [-0.25, -0.2) is 0 Å². The highest BCUT2D eigenvalue weighted by Gasteiger charge is 2.00. The molecule has 0 bridgehead atoms. The van der Waals surface area contributed by atoms with Crippen LogP contribution < -0.4 is 0 Å². The lowest BCUT2D eigenvalue weighted by molar-refractivity contribution is 1.14. The first-order chi connectivity index (χ1) is 7.29. The van der Waals surface area contributed by atoms with Crippen molar-refractivity contribution in [1.29, 1.82) is 0 Å². The van der Waals surface area contributed by atoms with Gasteiger partial charge >= 0.3 is 0 Å². The van der Waals surface area contributed by atoms with Crippen LogP contribution in [0.5, 0.6) is 0 Å². The molecule has 0 unspecified atom stereocenters. The molecule has 2 aromatic rings. The van der Waals surface area contributed by atoms with Gasteiger partial charge in [0, 0.05) is 16.8 Å². The van der Waals surface area contributed by atoms with Crippen LogP contribution in [0.25, 0.3) is 11.3 Å². The largest absolute Gasteiger partial charge is 0.256 e. The van der Waals surface area contributed by atoms with E-state index in [9.17, 15) is 0 Å². The van der Waals surface area contributed by atoms with Crippen molar-refractivity contribution in [2.75, 3.05) is 0 Å². The quantitative estimate of drug-likeness (QED) is 0.742. The van der Waals surface area contributed by atoms with Crippen LogP contribution in [0, 0.1) is 0 Å². The van der Waals surface area contributed by atoms with E-state index in [1.54, 1.807) is 12.3 Å². The molecule has 0 spiro atoms. The molecule has 0 aliphatic rings. The van der Waals surface area contributed by atoms with Crippen LogP contribution in [0.3, 0.4) is 0 Å². The zero-order valence-corrected chi connectivity index (χ0v) is 9.33. The lowest BCUT2D eigenvalue weighted by Crippen LogP contribution is -1.85. The van der Waals surface area contributed by atoms with Crippen LogP contribution in [0.1, 0.15) is 12.5 Å². The highest BCUT2D eigenvalue weighted by Crippen LogP contribution is 2.21. The van der Waals surface area contributed by atoms with Gasteiger partial charge in [-0.2, -0.15) is 0 Å². The molecule has 1 aromatic heterocycles. The van der Waals surface area contributed by atoms with Crippen molar-refractivity contribution in [2.24, 2.45) is 0 Å². The van der Waals surface area contributed by atoms with Crippen molar-refractivity contribution in [3.8, 4) is 11.3 Å². The van der Waals surface area contributed by atoms with E-state index in [1.165, 1.54) is 5.56 Å². The average Bonchev–Trinajstić information content (AvgIpc) is 2.29. The third kappa shape index (κ3) is 2.37. The molecule has 76 valence electrons. The molecule has 0 radical (unpaired) electrons. The van der Waals surface area contributed by atoms with Crippen LogP contribution in [0.15, 0.2) is 42.6 Å². The molecular formula is C13H12ClN. The Morgan fingerprint density at radius 2 is 2.07 bits per heavy atom. The maximum atomic E-state index is 5.93. The van der Waals surface area contributed by atoms with Crippen molar-refractivity contribution in [3.63, 3.8) is 0 Å². The highest BCUT2D eigenvalue weighted by atomic mass is 35.5. The zero-order valence-electron chi connectivity index (χ0n) is 8.57. The van der Waals surface area contributed by atoms with E-state index in [2.05, 4.69) is 36.2 Å². The van der Waals surface area contributed by atoms with E-state index >= 15 is 0 Å². The average molecular weight is 218 g/mol. The fraction of sp³-hybridized carbons (Fsp3) is 0.154. The Morgan fingerprint density at radius 1 is 1.20 bits per heavy atom. The second-order valence-electron chi connectivity index (χ2n) is 3.41. The molecule has 1 aromatic carbocycles. The highest BCUT2D eigenvalue weighted by molar-refractivity contribution is 6.30. The molecule has 0 saturated heterocycles. The van der Waals surface area contributed by atoms with Crippen LogP contribution in [-0.4, -0.2) is 4.98 Å². The Bertz CT molecular complexity index is 466. The number of nitrogens with zero attached hydrogens (tertiary/aromatic N) is 1. The van der Waals surface area contributed by atoms with Crippen LogP contribution in [0.4, 0.5) is 0 Å².